The van der Waals surface area contributed by atoms with Gasteiger partial charge in [-0.25, -0.2) is 4.79 Å². The quantitative estimate of drug-likeness (QED) is 0.625. The number of carbonyl (C=O) groups excluding carboxylic acids is 2. The number of ether oxygens (including phenoxy) is 1. The number of hydrogen-bond acceptors (Lipinski definition) is 4. The molecule has 1 unspecified atom stereocenters. The molecule has 28 heavy (non-hydrogen) atoms. The summed E-state index contributed by atoms with van der Waals surface area (Å²) in [5, 5.41) is 3.51. The average molecular weight is 395 g/mol. The van der Waals surface area contributed by atoms with Gasteiger partial charge >= 0.3 is 5.97 Å². The minimum atomic E-state index is -0.456. The van der Waals surface area contributed by atoms with Crippen molar-refractivity contribution < 1.29 is 14.3 Å². The zero-order valence-electron chi connectivity index (χ0n) is 15.3. The van der Waals surface area contributed by atoms with E-state index < -0.39 is 11.9 Å². The maximum Gasteiger partial charge on any atom is 0.337 e. The Labute approximate surface area is 168 Å². The van der Waals surface area contributed by atoms with Crippen LogP contribution in [0.25, 0.3) is 0 Å². The van der Waals surface area contributed by atoms with Crippen LogP contribution in [0.15, 0.2) is 73.1 Å². The zero-order valence-corrected chi connectivity index (χ0v) is 16.0. The lowest BCUT2D eigenvalue weighted by Crippen LogP contribution is -2.23. The molecule has 1 heterocycles. The van der Waals surface area contributed by atoms with Crippen LogP contribution in [0.3, 0.4) is 0 Å². The van der Waals surface area contributed by atoms with Crippen molar-refractivity contribution in [2.24, 2.45) is 0 Å². The van der Waals surface area contributed by atoms with Crippen LogP contribution in [-0.2, 0) is 16.0 Å². The van der Waals surface area contributed by atoms with E-state index in [4.69, 9.17) is 16.3 Å². The van der Waals surface area contributed by atoms with E-state index in [2.05, 4.69) is 10.3 Å². The second-order valence-electron chi connectivity index (χ2n) is 6.23. The fourth-order valence-electron chi connectivity index (χ4n) is 2.88. The average Bonchev–Trinajstić information content (AvgIpc) is 2.73. The van der Waals surface area contributed by atoms with Crippen LogP contribution in [0.2, 0.25) is 5.02 Å². The molecule has 1 aromatic heterocycles. The number of pyridine rings is 1. The number of nitrogens with zero attached hydrogens (tertiary/aromatic N) is 1. The molecule has 0 saturated carbocycles. The van der Waals surface area contributed by atoms with E-state index in [1.807, 2.05) is 24.3 Å². The van der Waals surface area contributed by atoms with Gasteiger partial charge in [-0.3, -0.25) is 9.78 Å². The first-order valence-electron chi connectivity index (χ1n) is 8.70. The molecule has 0 bridgehead atoms. The minimum absolute atomic E-state index is 0.179. The van der Waals surface area contributed by atoms with Crippen LogP contribution >= 0.6 is 11.6 Å². The van der Waals surface area contributed by atoms with Crippen molar-refractivity contribution in [3.63, 3.8) is 0 Å². The van der Waals surface area contributed by atoms with E-state index in [1.165, 1.54) is 7.11 Å². The number of nitrogens with one attached hydrogen (secondary N) is 1. The van der Waals surface area contributed by atoms with Crippen molar-refractivity contribution in [1.29, 1.82) is 0 Å². The third kappa shape index (κ3) is 4.96. The van der Waals surface area contributed by atoms with Crippen molar-refractivity contribution >= 4 is 29.2 Å². The van der Waals surface area contributed by atoms with Gasteiger partial charge in [0.25, 0.3) is 0 Å². The molecule has 0 spiro atoms. The summed E-state index contributed by atoms with van der Waals surface area (Å²) in [7, 11) is 1.32. The maximum atomic E-state index is 13.1. The Morgan fingerprint density at radius 2 is 1.79 bits per heavy atom. The van der Waals surface area contributed by atoms with E-state index in [0.29, 0.717) is 22.7 Å². The predicted molar refractivity (Wildman–Crippen MR) is 109 cm³/mol. The molecule has 1 amide bonds. The third-order valence-corrected chi connectivity index (χ3v) is 4.58. The Kier molecular flexibility index (Phi) is 6.40. The minimum Gasteiger partial charge on any atom is -0.465 e. The van der Waals surface area contributed by atoms with E-state index in [9.17, 15) is 9.59 Å². The lowest BCUT2D eigenvalue weighted by molar-refractivity contribution is -0.117. The molecule has 0 aliphatic rings. The lowest BCUT2D eigenvalue weighted by Gasteiger charge is -2.18. The largest absolute Gasteiger partial charge is 0.465 e. The highest BCUT2D eigenvalue weighted by Gasteiger charge is 2.22. The number of rotatable bonds is 6. The molecule has 0 aliphatic heterocycles. The highest BCUT2D eigenvalue weighted by molar-refractivity contribution is 6.30. The fraction of sp³-hybridized carbons (Fsp3) is 0.136. The van der Waals surface area contributed by atoms with Crippen LogP contribution < -0.4 is 5.32 Å². The Balaban J connectivity index is 1.86. The van der Waals surface area contributed by atoms with Gasteiger partial charge in [-0.15, -0.1) is 0 Å². The lowest BCUT2D eigenvalue weighted by atomic mass is 9.91. The molecule has 1 atom stereocenters. The van der Waals surface area contributed by atoms with Crippen LogP contribution in [0.5, 0.6) is 0 Å². The summed E-state index contributed by atoms with van der Waals surface area (Å²) in [4.78, 5) is 28.8. The molecule has 142 valence electrons. The van der Waals surface area contributed by atoms with Gasteiger partial charge in [0.2, 0.25) is 5.91 Å². The first-order chi connectivity index (χ1) is 13.6. The zero-order chi connectivity index (χ0) is 19.9. The van der Waals surface area contributed by atoms with Gasteiger partial charge in [0.1, 0.15) is 0 Å². The first kappa shape index (κ1) is 19.6. The summed E-state index contributed by atoms with van der Waals surface area (Å²) in [6, 6.07) is 17.6. The van der Waals surface area contributed by atoms with Crippen molar-refractivity contribution in [1.82, 2.24) is 4.98 Å². The van der Waals surface area contributed by atoms with Crippen LogP contribution in [0.4, 0.5) is 5.69 Å². The van der Waals surface area contributed by atoms with Gasteiger partial charge in [-0.05, 0) is 60.0 Å². The van der Waals surface area contributed by atoms with Gasteiger partial charge in [0.05, 0.1) is 18.6 Å². The number of anilines is 1. The van der Waals surface area contributed by atoms with E-state index in [1.54, 1.807) is 48.8 Å². The predicted octanol–water partition coefficient (Wildman–Crippen LogP) is 4.49. The first-order valence-corrected chi connectivity index (χ1v) is 9.08. The molecule has 0 radical (unpaired) electrons. The van der Waals surface area contributed by atoms with Gasteiger partial charge in [-0.2, -0.15) is 0 Å². The number of benzene rings is 2. The summed E-state index contributed by atoms with van der Waals surface area (Å²) in [6.07, 6.45) is 3.91. The number of hydrogen-bond donors (Lipinski definition) is 1. The molecule has 5 nitrogen and oxygen atoms in total. The highest BCUT2D eigenvalue weighted by atomic mass is 35.5. The van der Waals surface area contributed by atoms with Crippen molar-refractivity contribution in [3.05, 3.63) is 94.8 Å². The van der Waals surface area contributed by atoms with Crippen LogP contribution in [0, 0.1) is 0 Å². The number of halogens is 1. The molecule has 3 rings (SSSR count). The number of esters is 1. The second kappa shape index (κ2) is 9.15. The fourth-order valence-corrected chi connectivity index (χ4v) is 3.01. The topological polar surface area (TPSA) is 68.3 Å². The third-order valence-electron chi connectivity index (χ3n) is 4.33. The number of carbonyl (C=O) groups is 2. The summed E-state index contributed by atoms with van der Waals surface area (Å²) < 4.78 is 4.73. The summed E-state index contributed by atoms with van der Waals surface area (Å²) in [5.74, 6) is -1.07. The van der Waals surface area contributed by atoms with Crippen molar-refractivity contribution in [2.75, 3.05) is 12.4 Å². The van der Waals surface area contributed by atoms with Gasteiger partial charge in [-0.1, -0.05) is 29.8 Å². The van der Waals surface area contributed by atoms with Gasteiger partial charge in [0.15, 0.2) is 0 Å². The Hall–Kier alpha value is -3.18. The standard InChI is InChI=1S/C22H19ClN2O3/c1-28-22(27)17-3-2-4-19(14-17)25-21(26)20(13-15-9-11-24-12-10-15)16-5-7-18(23)8-6-16/h2-12,14,20H,13H2,1H3,(H,25,26). The molecular formula is C22H19ClN2O3. The Morgan fingerprint density at radius 1 is 1.07 bits per heavy atom. The summed E-state index contributed by atoms with van der Waals surface area (Å²) in [6.45, 7) is 0. The second-order valence-corrected chi connectivity index (χ2v) is 6.66. The Bertz CT molecular complexity index is 959. The highest BCUT2D eigenvalue weighted by Crippen LogP contribution is 2.25. The van der Waals surface area contributed by atoms with E-state index in [0.717, 1.165) is 11.1 Å². The maximum absolute atomic E-state index is 13.1. The molecule has 3 aromatic rings. The van der Waals surface area contributed by atoms with E-state index in [-0.39, 0.29) is 5.91 Å². The summed E-state index contributed by atoms with van der Waals surface area (Å²) >= 11 is 5.99. The number of amides is 1. The smallest absolute Gasteiger partial charge is 0.337 e. The van der Waals surface area contributed by atoms with Crippen LogP contribution in [0.1, 0.15) is 27.4 Å². The number of methoxy groups -OCH3 is 1. The Morgan fingerprint density at radius 3 is 2.46 bits per heavy atom. The SMILES string of the molecule is COC(=O)c1cccc(NC(=O)C(Cc2ccncc2)c2ccc(Cl)cc2)c1. The van der Waals surface area contributed by atoms with E-state index >= 15 is 0 Å². The molecule has 0 saturated heterocycles. The molecule has 1 N–H and O–H groups in total. The molecule has 6 heteroatoms. The van der Waals surface area contributed by atoms with Crippen molar-refractivity contribution in [3.8, 4) is 0 Å². The van der Waals surface area contributed by atoms with Gasteiger partial charge in [0, 0.05) is 23.1 Å². The molecular weight excluding hydrogens is 376 g/mol. The van der Waals surface area contributed by atoms with Crippen molar-refractivity contribution in [2.45, 2.75) is 12.3 Å². The number of aromatic nitrogens is 1. The molecule has 2 aromatic carbocycles. The van der Waals surface area contributed by atoms with Crippen LogP contribution in [-0.4, -0.2) is 24.0 Å². The molecule has 0 fully saturated rings. The van der Waals surface area contributed by atoms with Gasteiger partial charge < -0.3 is 10.1 Å². The monoisotopic (exact) mass is 394 g/mol. The molecule has 0 aliphatic carbocycles. The normalized spacial score (nSPS) is 11.5. The summed E-state index contributed by atoms with van der Waals surface area (Å²) in [5.41, 5.74) is 2.75.